The Morgan fingerprint density at radius 1 is 1.47 bits per heavy atom. The number of carbonyl (C=O) groups is 1. The molecule has 0 aliphatic carbocycles. The molecule has 1 aromatic carbocycles. The van der Waals surface area contributed by atoms with E-state index >= 15 is 0 Å². The second-order valence-corrected chi connectivity index (χ2v) is 3.82. The van der Waals surface area contributed by atoms with Gasteiger partial charge in [-0.2, -0.15) is 4.73 Å². The van der Waals surface area contributed by atoms with Crippen molar-refractivity contribution in [1.82, 2.24) is 4.73 Å². The van der Waals surface area contributed by atoms with Crippen LogP contribution in [0.15, 0.2) is 23.1 Å². The Morgan fingerprint density at radius 3 is 2.89 bits per heavy atom. The highest BCUT2D eigenvalue weighted by molar-refractivity contribution is 5.93. The highest BCUT2D eigenvalue weighted by Gasteiger charge is 2.20. The molecule has 0 amide bonds. The summed E-state index contributed by atoms with van der Waals surface area (Å²) in [7, 11) is -2.83. The quantitative estimate of drug-likeness (QED) is 0.851. The van der Waals surface area contributed by atoms with Crippen molar-refractivity contribution in [2.75, 3.05) is 13.8 Å². The molecule has 3 rings (SSSR count). The highest BCUT2D eigenvalue weighted by Crippen LogP contribution is 2.34. The number of rotatable bonds is 2. The molecule has 2 aromatic rings. The summed E-state index contributed by atoms with van der Waals surface area (Å²) >= 11 is 0. The summed E-state index contributed by atoms with van der Waals surface area (Å²) in [6, 6.07) is 2.66. The van der Waals surface area contributed by atoms with Gasteiger partial charge in [-0.05, 0) is 6.07 Å². The summed E-state index contributed by atoms with van der Waals surface area (Å²) in [6.07, 6.45) is 0.821. The van der Waals surface area contributed by atoms with Crippen LogP contribution in [0.1, 0.15) is 14.5 Å². The number of benzene rings is 1. The van der Waals surface area contributed by atoms with E-state index in [9.17, 15) is 9.59 Å². The standard InChI is InChI=1S/C12H9NO6/c1-17-13-4-7(12(15)16)11(14)6-2-9-10(3-8(6)13)19-5-18-9/h2-4H,5H2,1H3,(H,15,16)/i1D3. The molecule has 0 fully saturated rings. The van der Waals surface area contributed by atoms with Crippen molar-refractivity contribution in [3.05, 3.63) is 34.1 Å². The molecule has 1 aromatic heterocycles. The third-order valence-electron chi connectivity index (χ3n) is 2.79. The van der Waals surface area contributed by atoms with E-state index in [0.717, 1.165) is 10.9 Å². The van der Waals surface area contributed by atoms with Gasteiger partial charge in [0.05, 0.1) is 21.2 Å². The first kappa shape index (κ1) is 8.41. The Balaban J connectivity index is 2.34. The molecule has 1 aliphatic rings. The van der Waals surface area contributed by atoms with Crippen LogP contribution in [0, 0.1) is 0 Å². The fraction of sp³-hybridized carbons (Fsp3) is 0.167. The Hall–Kier alpha value is -2.70. The molecule has 0 bridgehead atoms. The van der Waals surface area contributed by atoms with Gasteiger partial charge in [-0.15, -0.1) is 0 Å². The van der Waals surface area contributed by atoms with Gasteiger partial charge in [-0.3, -0.25) is 4.79 Å². The van der Waals surface area contributed by atoms with Crippen molar-refractivity contribution in [2.45, 2.75) is 0 Å². The molecular formula is C12H9NO6. The zero-order valence-electron chi connectivity index (χ0n) is 12.4. The van der Waals surface area contributed by atoms with Gasteiger partial charge in [0.1, 0.15) is 12.6 Å². The predicted octanol–water partition coefficient (Wildman–Crippen LogP) is 0.487. The normalized spacial score (nSPS) is 15.7. The van der Waals surface area contributed by atoms with E-state index in [1.165, 1.54) is 12.1 Å². The fourth-order valence-electron chi connectivity index (χ4n) is 1.91. The number of pyridine rings is 1. The number of aromatic nitrogens is 1. The molecule has 1 N–H and O–H groups in total. The minimum absolute atomic E-state index is 0.0478. The molecule has 0 radical (unpaired) electrons. The van der Waals surface area contributed by atoms with Crippen molar-refractivity contribution >= 4 is 16.9 Å². The van der Waals surface area contributed by atoms with Gasteiger partial charge in [0.15, 0.2) is 11.5 Å². The molecule has 7 nitrogen and oxygen atoms in total. The van der Waals surface area contributed by atoms with Crippen molar-refractivity contribution in [2.24, 2.45) is 0 Å². The molecule has 0 saturated heterocycles. The average Bonchev–Trinajstić information content (AvgIpc) is 2.85. The van der Waals surface area contributed by atoms with Gasteiger partial charge in [0.25, 0.3) is 0 Å². The van der Waals surface area contributed by atoms with E-state index in [1.807, 2.05) is 0 Å². The van der Waals surface area contributed by atoms with E-state index in [4.69, 9.17) is 23.5 Å². The lowest BCUT2D eigenvalue weighted by molar-refractivity contribution is 0.0691. The van der Waals surface area contributed by atoms with Crippen LogP contribution in [0.3, 0.4) is 0 Å². The predicted molar refractivity (Wildman–Crippen MR) is 63.8 cm³/mol. The summed E-state index contributed by atoms with van der Waals surface area (Å²) in [5.74, 6) is -0.919. The number of fused-ring (bicyclic) bond motifs is 2. The maximum Gasteiger partial charge on any atom is 0.341 e. The number of carboxylic acid groups (broad SMARTS) is 1. The molecule has 0 unspecified atom stereocenters. The summed E-state index contributed by atoms with van der Waals surface area (Å²) < 4.78 is 32.4. The third-order valence-corrected chi connectivity index (χ3v) is 2.79. The molecule has 19 heavy (non-hydrogen) atoms. The van der Waals surface area contributed by atoms with Crippen LogP contribution in [-0.2, 0) is 0 Å². The SMILES string of the molecule is [2H]C([2H])([2H])On1cc(C(=O)O)c(=O)c2cc3c(cc21)OCO3. The van der Waals surface area contributed by atoms with Crippen molar-refractivity contribution in [1.29, 1.82) is 0 Å². The highest BCUT2D eigenvalue weighted by atomic mass is 16.7. The van der Waals surface area contributed by atoms with Gasteiger partial charge in [0.2, 0.25) is 12.2 Å². The number of hydrogen-bond acceptors (Lipinski definition) is 5. The Bertz CT molecular complexity index is 841. The first-order chi connectivity index (χ1) is 10.3. The minimum atomic E-state index is -2.83. The minimum Gasteiger partial charge on any atom is -0.477 e. The largest absolute Gasteiger partial charge is 0.477 e. The van der Waals surface area contributed by atoms with Gasteiger partial charge in [-0.1, -0.05) is 0 Å². The number of hydrogen-bond donors (Lipinski definition) is 1. The van der Waals surface area contributed by atoms with Gasteiger partial charge < -0.3 is 19.4 Å². The number of ether oxygens (including phenoxy) is 2. The summed E-state index contributed by atoms with van der Waals surface area (Å²) in [5, 5.41) is 9.03. The molecule has 98 valence electrons. The van der Waals surface area contributed by atoms with Crippen LogP contribution in [0.25, 0.3) is 10.9 Å². The van der Waals surface area contributed by atoms with E-state index < -0.39 is 24.0 Å². The molecule has 0 atom stereocenters. The fourth-order valence-corrected chi connectivity index (χ4v) is 1.91. The number of carboxylic acids is 1. The smallest absolute Gasteiger partial charge is 0.341 e. The molecule has 2 heterocycles. The van der Waals surface area contributed by atoms with Crippen LogP contribution < -0.4 is 19.7 Å². The van der Waals surface area contributed by atoms with Crippen molar-refractivity contribution in [3.63, 3.8) is 0 Å². The second-order valence-electron chi connectivity index (χ2n) is 3.82. The number of nitrogens with zero attached hydrogens (tertiary/aromatic N) is 1. The third kappa shape index (κ3) is 1.59. The lowest BCUT2D eigenvalue weighted by Gasteiger charge is -2.10. The second kappa shape index (κ2) is 3.91. The summed E-state index contributed by atoms with van der Waals surface area (Å²) in [4.78, 5) is 28.1. The van der Waals surface area contributed by atoms with Crippen LogP contribution in [0.5, 0.6) is 11.5 Å². The van der Waals surface area contributed by atoms with Gasteiger partial charge in [-0.25, -0.2) is 4.79 Å². The monoisotopic (exact) mass is 266 g/mol. The van der Waals surface area contributed by atoms with Crippen LogP contribution in [0.2, 0.25) is 0 Å². The maximum absolute atomic E-state index is 12.2. The van der Waals surface area contributed by atoms with Crippen LogP contribution >= 0.6 is 0 Å². The lowest BCUT2D eigenvalue weighted by Crippen LogP contribution is -2.21. The van der Waals surface area contributed by atoms with E-state index in [-0.39, 0.29) is 23.4 Å². The van der Waals surface area contributed by atoms with E-state index in [2.05, 4.69) is 0 Å². The topological polar surface area (TPSA) is 87.0 Å². The molecule has 0 spiro atoms. The van der Waals surface area contributed by atoms with Crippen LogP contribution in [-0.4, -0.2) is 29.6 Å². The lowest BCUT2D eigenvalue weighted by atomic mass is 10.1. The average molecular weight is 266 g/mol. The number of aromatic carboxylic acids is 1. The van der Waals surface area contributed by atoms with Crippen molar-refractivity contribution < 1.29 is 28.3 Å². The molecule has 1 aliphatic heterocycles. The first-order valence-corrected chi connectivity index (χ1v) is 5.18. The Kier molecular flexibility index (Phi) is 1.73. The van der Waals surface area contributed by atoms with E-state index in [1.54, 1.807) is 0 Å². The Labute approximate surface area is 110 Å². The summed E-state index contributed by atoms with van der Waals surface area (Å²) in [6.45, 7) is -0.0498. The van der Waals surface area contributed by atoms with Gasteiger partial charge >= 0.3 is 5.97 Å². The first-order valence-electron chi connectivity index (χ1n) is 6.68. The zero-order valence-corrected chi connectivity index (χ0v) is 9.37. The van der Waals surface area contributed by atoms with Crippen LogP contribution in [0.4, 0.5) is 0 Å². The van der Waals surface area contributed by atoms with Gasteiger partial charge in [0, 0.05) is 6.07 Å². The maximum atomic E-state index is 12.2. The zero-order chi connectivity index (χ0) is 16.1. The molecule has 0 saturated carbocycles. The van der Waals surface area contributed by atoms with E-state index in [0.29, 0.717) is 5.75 Å². The molecular weight excluding hydrogens is 254 g/mol. The summed E-state index contributed by atoms with van der Waals surface area (Å²) in [5.41, 5.74) is -1.32. The van der Waals surface area contributed by atoms with Crippen molar-refractivity contribution in [3.8, 4) is 11.5 Å². The Morgan fingerprint density at radius 2 is 2.21 bits per heavy atom. The molecule has 7 heteroatoms.